The molecule has 0 atom stereocenters. The van der Waals surface area contributed by atoms with Crippen LogP contribution in [0.15, 0.2) is 53.4 Å². The minimum absolute atomic E-state index is 0.134. The van der Waals surface area contributed by atoms with E-state index in [9.17, 15) is 14.4 Å². The van der Waals surface area contributed by atoms with Gasteiger partial charge in [0.05, 0.1) is 24.3 Å². The van der Waals surface area contributed by atoms with Gasteiger partial charge >= 0.3 is 5.97 Å². The summed E-state index contributed by atoms with van der Waals surface area (Å²) in [6, 6.07) is 14.5. The van der Waals surface area contributed by atoms with E-state index in [0.29, 0.717) is 27.9 Å². The Hall–Kier alpha value is -2.81. The fraction of sp³-hybridized carbons (Fsp3) is 0.296. The molecule has 0 saturated carbocycles. The highest BCUT2D eigenvalue weighted by atomic mass is 35.5. The molecule has 1 aliphatic carbocycles. The lowest BCUT2D eigenvalue weighted by Crippen LogP contribution is -2.17. The number of nitrogens with one attached hydrogen (secondary N) is 2. The number of benzene rings is 2. The Bertz CT molecular complexity index is 1260. The maximum atomic E-state index is 12.8. The predicted molar refractivity (Wildman–Crippen MR) is 146 cm³/mol. The summed E-state index contributed by atoms with van der Waals surface area (Å²) < 4.78 is 5.26. The average Bonchev–Trinajstić information content (AvgIpc) is 3.22. The number of thioether (sulfide) groups is 1. The third-order valence-corrected chi connectivity index (χ3v) is 8.12. The summed E-state index contributed by atoms with van der Waals surface area (Å²) in [5, 5.41) is 7.04. The largest absolute Gasteiger partial charge is 0.462 e. The van der Waals surface area contributed by atoms with Crippen molar-refractivity contribution < 1.29 is 19.1 Å². The minimum atomic E-state index is -0.373. The van der Waals surface area contributed by atoms with Crippen molar-refractivity contribution in [3.63, 3.8) is 0 Å². The molecule has 0 fully saturated rings. The van der Waals surface area contributed by atoms with E-state index in [1.165, 1.54) is 23.1 Å². The Labute approximate surface area is 223 Å². The standard InChI is InChI=1S/C27H27ClN2O4S2/c1-2-34-27(33)25-21-8-3-4-9-22(21)36-26(25)30-24(32)16-35-20-7-5-6-19(15-20)29-23(31)14-17-10-12-18(28)13-11-17/h5-7,10-13,15H,2-4,8-9,14,16H2,1H3,(H,29,31)(H,30,32). The Kier molecular flexibility index (Phi) is 9.07. The van der Waals surface area contributed by atoms with Crippen LogP contribution in [0.3, 0.4) is 0 Å². The first kappa shape index (κ1) is 26.3. The predicted octanol–water partition coefficient (Wildman–Crippen LogP) is 6.37. The second kappa shape index (κ2) is 12.4. The SMILES string of the molecule is CCOC(=O)c1c(NC(=O)CSc2cccc(NC(=O)Cc3ccc(Cl)cc3)c2)sc2c1CCCC2. The second-order valence-electron chi connectivity index (χ2n) is 8.35. The van der Waals surface area contributed by atoms with Gasteiger partial charge in [-0.2, -0.15) is 0 Å². The third-order valence-electron chi connectivity index (χ3n) is 5.67. The molecule has 9 heteroatoms. The number of anilines is 2. The van der Waals surface area contributed by atoms with Crippen molar-refractivity contribution >= 4 is 63.2 Å². The van der Waals surface area contributed by atoms with Crippen LogP contribution in [0.5, 0.6) is 0 Å². The maximum absolute atomic E-state index is 12.8. The highest BCUT2D eigenvalue weighted by Gasteiger charge is 2.27. The fourth-order valence-electron chi connectivity index (χ4n) is 4.04. The van der Waals surface area contributed by atoms with Gasteiger partial charge in [0.25, 0.3) is 0 Å². The molecule has 1 heterocycles. The van der Waals surface area contributed by atoms with Gasteiger partial charge in [-0.15, -0.1) is 23.1 Å². The summed E-state index contributed by atoms with van der Waals surface area (Å²) >= 11 is 8.74. The first-order valence-electron chi connectivity index (χ1n) is 11.8. The van der Waals surface area contributed by atoms with Crippen LogP contribution >= 0.6 is 34.7 Å². The Morgan fingerprint density at radius 2 is 1.81 bits per heavy atom. The fourth-order valence-corrected chi connectivity index (χ4v) is 6.22. The Morgan fingerprint density at radius 1 is 1.03 bits per heavy atom. The topological polar surface area (TPSA) is 84.5 Å². The molecule has 0 spiro atoms. The summed E-state index contributed by atoms with van der Waals surface area (Å²) in [7, 11) is 0. The van der Waals surface area contributed by atoms with Gasteiger partial charge in [-0.25, -0.2) is 4.79 Å². The summed E-state index contributed by atoms with van der Waals surface area (Å²) in [6.07, 6.45) is 4.12. The molecule has 36 heavy (non-hydrogen) atoms. The summed E-state index contributed by atoms with van der Waals surface area (Å²) in [5.74, 6) is -0.527. The van der Waals surface area contributed by atoms with E-state index in [1.807, 2.05) is 36.4 Å². The molecule has 0 radical (unpaired) electrons. The molecular weight excluding hydrogens is 516 g/mol. The number of aryl methyl sites for hydroxylation is 1. The molecule has 0 saturated heterocycles. The molecule has 2 N–H and O–H groups in total. The van der Waals surface area contributed by atoms with Gasteiger partial charge < -0.3 is 15.4 Å². The molecule has 6 nitrogen and oxygen atoms in total. The van der Waals surface area contributed by atoms with Crippen molar-refractivity contribution in [2.24, 2.45) is 0 Å². The van der Waals surface area contributed by atoms with Gasteiger partial charge in [0.2, 0.25) is 11.8 Å². The number of esters is 1. The van der Waals surface area contributed by atoms with Gasteiger partial charge in [0.1, 0.15) is 5.00 Å². The van der Waals surface area contributed by atoms with Crippen LogP contribution in [0.25, 0.3) is 0 Å². The number of fused-ring (bicyclic) bond motifs is 1. The smallest absolute Gasteiger partial charge is 0.341 e. The number of hydrogen-bond acceptors (Lipinski definition) is 6. The van der Waals surface area contributed by atoms with Crippen LogP contribution < -0.4 is 10.6 Å². The highest BCUT2D eigenvalue weighted by molar-refractivity contribution is 8.00. The Morgan fingerprint density at radius 3 is 2.58 bits per heavy atom. The number of carbonyl (C=O) groups excluding carboxylic acids is 3. The number of carbonyl (C=O) groups is 3. The van der Waals surface area contributed by atoms with Crippen LogP contribution in [0.1, 0.15) is 46.1 Å². The first-order valence-corrected chi connectivity index (χ1v) is 14.0. The van der Waals surface area contributed by atoms with E-state index in [1.54, 1.807) is 19.1 Å². The van der Waals surface area contributed by atoms with E-state index in [-0.39, 0.29) is 30.0 Å². The number of hydrogen-bond donors (Lipinski definition) is 2. The van der Waals surface area contributed by atoms with E-state index < -0.39 is 0 Å². The molecular formula is C27H27ClN2O4S2. The first-order chi connectivity index (χ1) is 17.4. The zero-order valence-corrected chi connectivity index (χ0v) is 22.3. The van der Waals surface area contributed by atoms with E-state index in [0.717, 1.165) is 46.6 Å². The molecule has 2 amide bonds. The number of halogens is 1. The minimum Gasteiger partial charge on any atom is -0.462 e. The zero-order chi connectivity index (χ0) is 25.5. The normalized spacial score (nSPS) is 12.5. The summed E-state index contributed by atoms with van der Waals surface area (Å²) in [5.41, 5.74) is 3.07. The molecule has 1 aromatic heterocycles. The summed E-state index contributed by atoms with van der Waals surface area (Å²) in [4.78, 5) is 39.8. The number of rotatable bonds is 9. The molecule has 0 bridgehead atoms. The second-order valence-corrected chi connectivity index (χ2v) is 10.9. The summed E-state index contributed by atoms with van der Waals surface area (Å²) in [6.45, 7) is 2.07. The van der Waals surface area contributed by atoms with Crippen LogP contribution in [0, 0.1) is 0 Å². The number of amides is 2. The van der Waals surface area contributed by atoms with E-state index in [4.69, 9.17) is 16.3 Å². The maximum Gasteiger partial charge on any atom is 0.341 e. The van der Waals surface area contributed by atoms with Crippen molar-refractivity contribution in [2.45, 2.75) is 43.9 Å². The molecule has 188 valence electrons. The van der Waals surface area contributed by atoms with Crippen LogP contribution in [-0.2, 0) is 33.6 Å². The Balaban J connectivity index is 1.35. The highest BCUT2D eigenvalue weighted by Crippen LogP contribution is 2.38. The van der Waals surface area contributed by atoms with Gasteiger partial charge in [0.15, 0.2) is 0 Å². The number of ether oxygens (including phenoxy) is 1. The molecule has 2 aromatic carbocycles. The molecule has 4 rings (SSSR count). The van der Waals surface area contributed by atoms with Crippen molar-refractivity contribution in [1.29, 1.82) is 0 Å². The van der Waals surface area contributed by atoms with Gasteiger partial charge in [-0.05, 0) is 74.1 Å². The monoisotopic (exact) mass is 542 g/mol. The average molecular weight is 543 g/mol. The lowest BCUT2D eigenvalue weighted by Gasteiger charge is -2.12. The van der Waals surface area contributed by atoms with Crippen molar-refractivity contribution in [3.8, 4) is 0 Å². The molecule has 3 aromatic rings. The third kappa shape index (κ3) is 6.90. The molecule has 0 aliphatic heterocycles. The van der Waals surface area contributed by atoms with Crippen molar-refractivity contribution in [3.05, 3.63) is 75.1 Å². The lowest BCUT2D eigenvalue weighted by molar-refractivity contribution is -0.115. The molecule has 0 unspecified atom stereocenters. The van der Waals surface area contributed by atoms with E-state index in [2.05, 4.69) is 10.6 Å². The van der Waals surface area contributed by atoms with Crippen molar-refractivity contribution in [2.75, 3.05) is 23.0 Å². The van der Waals surface area contributed by atoms with Crippen LogP contribution in [0.2, 0.25) is 5.02 Å². The quantitative estimate of drug-likeness (QED) is 0.242. The zero-order valence-electron chi connectivity index (χ0n) is 19.9. The van der Waals surface area contributed by atoms with Gasteiger partial charge in [-0.1, -0.05) is 29.8 Å². The van der Waals surface area contributed by atoms with Crippen LogP contribution in [0.4, 0.5) is 10.7 Å². The lowest BCUT2D eigenvalue weighted by atomic mass is 9.95. The number of thiophene rings is 1. The van der Waals surface area contributed by atoms with E-state index >= 15 is 0 Å². The van der Waals surface area contributed by atoms with Gasteiger partial charge in [0, 0.05) is 20.5 Å². The van der Waals surface area contributed by atoms with Crippen LogP contribution in [-0.4, -0.2) is 30.1 Å². The van der Waals surface area contributed by atoms with Crippen molar-refractivity contribution in [1.82, 2.24) is 0 Å². The van der Waals surface area contributed by atoms with Gasteiger partial charge in [-0.3, -0.25) is 9.59 Å². The molecule has 1 aliphatic rings.